The van der Waals surface area contributed by atoms with Crippen LogP contribution in [0.3, 0.4) is 0 Å². The zero-order chi connectivity index (χ0) is 13.3. The molecule has 98 valence electrons. The molecule has 0 aromatic heterocycles. The van der Waals surface area contributed by atoms with Crippen LogP contribution in [-0.4, -0.2) is 17.3 Å². The van der Waals surface area contributed by atoms with E-state index in [-0.39, 0.29) is 5.75 Å². The zero-order valence-electron chi connectivity index (χ0n) is 10.7. The lowest BCUT2D eigenvalue weighted by Crippen LogP contribution is -2.51. The highest BCUT2D eigenvalue weighted by molar-refractivity contribution is 5.38. The van der Waals surface area contributed by atoms with Crippen molar-refractivity contribution < 1.29 is 9.84 Å². The van der Waals surface area contributed by atoms with Crippen molar-refractivity contribution in [3.05, 3.63) is 59.7 Å². The van der Waals surface area contributed by atoms with E-state index in [1.165, 1.54) is 0 Å². The number of rotatable bonds is 2. The molecule has 1 unspecified atom stereocenters. The van der Waals surface area contributed by atoms with Gasteiger partial charge in [0.05, 0.1) is 5.54 Å². The van der Waals surface area contributed by atoms with Crippen LogP contribution in [0.1, 0.15) is 11.1 Å². The van der Waals surface area contributed by atoms with Crippen LogP contribution < -0.4 is 10.5 Å². The number of fused-ring (bicyclic) bond motifs is 1. The highest BCUT2D eigenvalue weighted by Crippen LogP contribution is 2.30. The standard InChI is InChI=1S/C16H17NO2/c17-16(9-12-4-3-6-14(18)8-12)10-13-5-1-2-7-15(13)19-11-16/h1-8,18H,9-11,17H2. The number of hydrogen-bond donors (Lipinski definition) is 2. The minimum atomic E-state index is -0.415. The van der Waals surface area contributed by atoms with E-state index in [0.29, 0.717) is 13.0 Å². The second-order valence-corrected chi connectivity index (χ2v) is 5.28. The topological polar surface area (TPSA) is 55.5 Å². The van der Waals surface area contributed by atoms with Crippen LogP contribution in [0.4, 0.5) is 0 Å². The lowest BCUT2D eigenvalue weighted by Gasteiger charge is -2.34. The molecule has 0 saturated carbocycles. The van der Waals surface area contributed by atoms with Gasteiger partial charge in [-0.3, -0.25) is 0 Å². The summed E-state index contributed by atoms with van der Waals surface area (Å²) in [5.74, 6) is 1.21. The van der Waals surface area contributed by atoms with E-state index in [4.69, 9.17) is 10.5 Å². The predicted molar refractivity (Wildman–Crippen MR) is 74.4 cm³/mol. The highest BCUT2D eigenvalue weighted by Gasteiger charge is 2.32. The third-order valence-corrected chi connectivity index (χ3v) is 3.50. The Morgan fingerprint density at radius 2 is 2.00 bits per heavy atom. The summed E-state index contributed by atoms with van der Waals surface area (Å²) in [6, 6.07) is 15.2. The second kappa shape index (κ2) is 4.59. The van der Waals surface area contributed by atoms with Crippen molar-refractivity contribution in [1.29, 1.82) is 0 Å². The molecule has 1 aliphatic heterocycles. The Kier molecular flexibility index (Phi) is 2.91. The maximum Gasteiger partial charge on any atom is 0.122 e. The summed E-state index contributed by atoms with van der Waals surface area (Å²) >= 11 is 0. The molecule has 0 bridgehead atoms. The van der Waals surface area contributed by atoms with Crippen LogP contribution in [0.25, 0.3) is 0 Å². The fourth-order valence-electron chi connectivity index (χ4n) is 2.63. The smallest absolute Gasteiger partial charge is 0.122 e. The summed E-state index contributed by atoms with van der Waals surface area (Å²) in [7, 11) is 0. The van der Waals surface area contributed by atoms with Crippen LogP contribution in [0.2, 0.25) is 0 Å². The van der Waals surface area contributed by atoms with Crippen molar-refractivity contribution in [2.75, 3.05) is 6.61 Å². The zero-order valence-corrected chi connectivity index (χ0v) is 10.7. The third-order valence-electron chi connectivity index (χ3n) is 3.50. The molecule has 0 aliphatic carbocycles. The molecule has 1 heterocycles. The predicted octanol–water partition coefficient (Wildman–Crippen LogP) is 2.27. The summed E-state index contributed by atoms with van der Waals surface area (Å²) in [6.45, 7) is 0.500. The molecule has 2 aromatic rings. The van der Waals surface area contributed by atoms with Crippen molar-refractivity contribution >= 4 is 0 Å². The minimum absolute atomic E-state index is 0.276. The van der Waals surface area contributed by atoms with Crippen molar-refractivity contribution in [2.24, 2.45) is 5.73 Å². The minimum Gasteiger partial charge on any atom is -0.508 e. The molecule has 1 aliphatic rings. The molecule has 2 aromatic carbocycles. The SMILES string of the molecule is NC1(Cc2cccc(O)c2)COc2ccccc2C1. The molecular formula is C16H17NO2. The summed E-state index contributed by atoms with van der Waals surface area (Å²) in [5.41, 5.74) is 8.22. The molecule has 0 spiro atoms. The van der Waals surface area contributed by atoms with Gasteiger partial charge in [-0.25, -0.2) is 0 Å². The Morgan fingerprint density at radius 3 is 2.84 bits per heavy atom. The first-order valence-corrected chi connectivity index (χ1v) is 6.42. The van der Waals surface area contributed by atoms with Crippen molar-refractivity contribution in [3.8, 4) is 11.5 Å². The summed E-state index contributed by atoms with van der Waals surface area (Å²) < 4.78 is 5.75. The lowest BCUT2D eigenvalue weighted by atomic mass is 9.84. The van der Waals surface area contributed by atoms with Gasteiger partial charge in [0, 0.05) is 0 Å². The molecule has 3 nitrogen and oxygen atoms in total. The summed E-state index contributed by atoms with van der Waals surface area (Å²) in [6.07, 6.45) is 1.48. The van der Waals surface area contributed by atoms with Crippen molar-refractivity contribution in [3.63, 3.8) is 0 Å². The van der Waals surface area contributed by atoms with Crippen LogP contribution in [-0.2, 0) is 12.8 Å². The lowest BCUT2D eigenvalue weighted by molar-refractivity contribution is 0.190. The first kappa shape index (κ1) is 12.1. The molecule has 0 amide bonds. The van der Waals surface area contributed by atoms with Gasteiger partial charge in [0.15, 0.2) is 0 Å². The largest absolute Gasteiger partial charge is 0.508 e. The van der Waals surface area contributed by atoms with Gasteiger partial charge >= 0.3 is 0 Å². The van der Waals surface area contributed by atoms with E-state index >= 15 is 0 Å². The molecule has 3 N–H and O–H groups in total. The first-order chi connectivity index (χ1) is 9.15. The number of hydrogen-bond acceptors (Lipinski definition) is 3. The Labute approximate surface area is 112 Å². The van der Waals surface area contributed by atoms with Crippen LogP contribution in [0, 0.1) is 0 Å². The molecule has 19 heavy (non-hydrogen) atoms. The number of phenols is 1. The fraction of sp³-hybridized carbons (Fsp3) is 0.250. The molecule has 3 rings (SSSR count). The average Bonchev–Trinajstić information content (AvgIpc) is 2.38. The first-order valence-electron chi connectivity index (χ1n) is 6.42. The Balaban J connectivity index is 1.82. The van der Waals surface area contributed by atoms with Crippen LogP contribution in [0.15, 0.2) is 48.5 Å². The number of benzene rings is 2. The van der Waals surface area contributed by atoms with Crippen molar-refractivity contribution in [1.82, 2.24) is 0 Å². The number of para-hydroxylation sites is 1. The maximum atomic E-state index is 9.51. The van der Waals surface area contributed by atoms with Gasteiger partial charge in [0.25, 0.3) is 0 Å². The van der Waals surface area contributed by atoms with Crippen LogP contribution in [0.5, 0.6) is 11.5 Å². The monoisotopic (exact) mass is 255 g/mol. The number of nitrogens with two attached hydrogens (primary N) is 1. The number of phenolic OH excluding ortho intramolecular Hbond substituents is 1. The van der Waals surface area contributed by atoms with E-state index < -0.39 is 5.54 Å². The quantitative estimate of drug-likeness (QED) is 0.865. The summed E-state index contributed by atoms with van der Waals surface area (Å²) in [5, 5.41) is 9.51. The third kappa shape index (κ3) is 2.56. The van der Waals surface area contributed by atoms with Gasteiger partial charge in [0.1, 0.15) is 18.1 Å². The molecule has 3 heteroatoms. The van der Waals surface area contributed by atoms with E-state index in [1.807, 2.05) is 30.3 Å². The van der Waals surface area contributed by atoms with Gasteiger partial charge < -0.3 is 15.6 Å². The number of aromatic hydroxyl groups is 1. The Hall–Kier alpha value is -2.00. The molecule has 1 atom stereocenters. The van der Waals surface area contributed by atoms with E-state index in [9.17, 15) is 5.11 Å². The maximum absolute atomic E-state index is 9.51. The number of ether oxygens (including phenoxy) is 1. The normalized spacial score (nSPS) is 21.5. The molecule has 0 saturated heterocycles. The molecular weight excluding hydrogens is 238 g/mol. The average molecular weight is 255 g/mol. The van der Waals surface area contributed by atoms with Gasteiger partial charge in [-0.15, -0.1) is 0 Å². The second-order valence-electron chi connectivity index (χ2n) is 5.28. The van der Waals surface area contributed by atoms with Gasteiger partial charge in [-0.2, -0.15) is 0 Å². The van der Waals surface area contributed by atoms with Crippen LogP contribution >= 0.6 is 0 Å². The van der Waals surface area contributed by atoms with E-state index in [1.54, 1.807) is 12.1 Å². The van der Waals surface area contributed by atoms with Gasteiger partial charge in [-0.1, -0.05) is 30.3 Å². The Morgan fingerprint density at radius 1 is 1.16 bits per heavy atom. The van der Waals surface area contributed by atoms with E-state index in [2.05, 4.69) is 6.07 Å². The van der Waals surface area contributed by atoms with Crippen molar-refractivity contribution in [2.45, 2.75) is 18.4 Å². The highest BCUT2D eigenvalue weighted by atomic mass is 16.5. The fourth-order valence-corrected chi connectivity index (χ4v) is 2.63. The van der Waals surface area contributed by atoms with Gasteiger partial charge in [0.2, 0.25) is 0 Å². The molecule has 0 fully saturated rings. The van der Waals surface area contributed by atoms with Gasteiger partial charge in [-0.05, 0) is 42.2 Å². The van der Waals surface area contributed by atoms with E-state index in [0.717, 1.165) is 23.3 Å². The summed E-state index contributed by atoms with van der Waals surface area (Å²) in [4.78, 5) is 0. The Bertz CT molecular complexity index is 597. The molecule has 0 radical (unpaired) electrons.